The van der Waals surface area contributed by atoms with Gasteiger partial charge < -0.3 is 19.7 Å². The highest BCUT2D eigenvalue weighted by molar-refractivity contribution is 7.92. The van der Waals surface area contributed by atoms with Gasteiger partial charge >= 0.3 is 0 Å². The molecule has 0 aromatic heterocycles. The topological polar surface area (TPSA) is 105 Å². The van der Waals surface area contributed by atoms with Gasteiger partial charge in [-0.05, 0) is 75.1 Å². The minimum atomic E-state index is -4.34. The van der Waals surface area contributed by atoms with Crippen molar-refractivity contribution in [2.24, 2.45) is 0 Å². The van der Waals surface area contributed by atoms with Crippen molar-refractivity contribution >= 4 is 27.5 Å². The first kappa shape index (κ1) is 32.8. The van der Waals surface area contributed by atoms with E-state index in [4.69, 9.17) is 9.47 Å². The van der Waals surface area contributed by atoms with Crippen molar-refractivity contribution < 1.29 is 31.9 Å². The van der Waals surface area contributed by atoms with Gasteiger partial charge in [0.1, 0.15) is 18.4 Å². The van der Waals surface area contributed by atoms with Crippen LogP contribution in [0.3, 0.4) is 0 Å². The number of carbonyl (C=O) groups excluding carboxylic acids is 2. The lowest BCUT2D eigenvalue weighted by molar-refractivity contribution is -0.139. The number of halogens is 1. The van der Waals surface area contributed by atoms with Crippen LogP contribution in [-0.2, 0) is 26.2 Å². The number of hydrogen-bond acceptors (Lipinski definition) is 6. The van der Waals surface area contributed by atoms with Gasteiger partial charge in [0, 0.05) is 24.2 Å². The average Bonchev–Trinajstić information content (AvgIpc) is 3.51. The summed E-state index contributed by atoms with van der Waals surface area (Å²) in [7, 11) is -1.50. The van der Waals surface area contributed by atoms with E-state index in [-0.39, 0.29) is 40.4 Å². The van der Waals surface area contributed by atoms with E-state index < -0.39 is 34.3 Å². The fourth-order valence-electron chi connectivity index (χ4n) is 5.51. The first-order valence-electron chi connectivity index (χ1n) is 14.6. The highest BCUT2D eigenvalue weighted by atomic mass is 32.2. The molecule has 0 saturated heterocycles. The fourth-order valence-corrected chi connectivity index (χ4v) is 6.93. The van der Waals surface area contributed by atoms with Gasteiger partial charge in [0.2, 0.25) is 11.8 Å². The molecular formula is C33H40FN3O6S. The second-order valence-corrected chi connectivity index (χ2v) is 13.0. The number of ether oxygens (including phenoxy) is 2. The first-order chi connectivity index (χ1) is 20.9. The zero-order valence-electron chi connectivity index (χ0n) is 25.8. The number of methoxy groups -OCH3 is 2. The number of nitrogens with zero attached hydrogens (tertiary/aromatic N) is 2. The predicted molar refractivity (Wildman–Crippen MR) is 167 cm³/mol. The lowest BCUT2D eigenvalue weighted by Gasteiger charge is -2.32. The van der Waals surface area contributed by atoms with Crippen molar-refractivity contribution in [3.63, 3.8) is 0 Å². The van der Waals surface area contributed by atoms with Gasteiger partial charge in [0.05, 0.1) is 24.8 Å². The molecule has 9 nitrogen and oxygen atoms in total. The van der Waals surface area contributed by atoms with Crippen LogP contribution in [0.1, 0.15) is 49.3 Å². The Labute approximate surface area is 259 Å². The van der Waals surface area contributed by atoms with E-state index in [1.807, 2.05) is 19.9 Å². The molecule has 0 bridgehead atoms. The molecule has 1 fully saturated rings. The van der Waals surface area contributed by atoms with Crippen molar-refractivity contribution in [1.82, 2.24) is 10.2 Å². The second kappa shape index (κ2) is 14.1. The van der Waals surface area contributed by atoms with E-state index in [1.54, 1.807) is 37.3 Å². The number of sulfonamides is 1. The molecule has 2 amide bonds. The Bertz CT molecular complexity index is 1590. The van der Waals surface area contributed by atoms with Crippen LogP contribution in [0.2, 0.25) is 0 Å². The van der Waals surface area contributed by atoms with Gasteiger partial charge in [-0.15, -0.1) is 0 Å². The minimum Gasteiger partial charge on any atom is -0.493 e. The van der Waals surface area contributed by atoms with Crippen LogP contribution in [0, 0.1) is 19.7 Å². The Kier molecular flexibility index (Phi) is 10.5. The smallest absolute Gasteiger partial charge is 0.264 e. The van der Waals surface area contributed by atoms with Gasteiger partial charge in [0.15, 0.2) is 11.5 Å². The normalized spacial score (nSPS) is 14.1. The van der Waals surface area contributed by atoms with Crippen molar-refractivity contribution in [3.8, 4) is 11.5 Å². The van der Waals surface area contributed by atoms with E-state index in [2.05, 4.69) is 5.32 Å². The maximum atomic E-state index is 14.8. The van der Waals surface area contributed by atoms with Crippen molar-refractivity contribution in [2.75, 3.05) is 25.1 Å². The van der Waals surface area contributed by atoms with Crippen LogP contribution < -0.4 is 19.1 Å². The number of nitrogens with one attached hydrogen (secondary N) is 1. The molecule has 1 saturated carbocycles. The zero-order chi connectivity index (χ0) is 32.0. The van der Waals surface area contributed by atoms with E-state index in [9.17, 15) is 22.4 Å². The molecule has 3 aromatic carbocycles. The Balaban J connectivity index is 1.75. The van der Waals surface area contributed by atoms with Gasteiger partial charge in [-0.3, -0.25) is 13.9 Å². The molecule has 236 valence electrons. The summed E-state index contributed by atoms with van der Waals surface area (Å²) in [5, 5.41) is 3.01. The first-order valence-corrected chi connectivity index (χ1v) is 16.0. The minimum absolute atomic E-state index is 0.00700. The summed E-state index contributed by atoms with van der Waals surface area (Å²) in [6, 6.07) is 14.5. The number of carbonyl (C=O) groups is 2. The average molecular weight is 626 g/mol. The Morgan fingerprint density at radius 3 is 2.20 bits per heavy atom. The maximum Gasteiger partial charge on any atom is 0.264 e. The van der Waals surface area contributed by atoms with Crippen molar-refractivity contribution in [1.29, 1.82) is 0 Å². The monoisotopic (exact) mass is 625 g/mol. The summed E-state index contributed by atoms with van der Waals surface area (Å²) in [6.07, 6.45) is 3.72. The summed E-state index contributed by atoms with van der Waals surface area (Å²) in [6.45, 7) is 4.39. The molecular weight excluding hydrogens is 585 g/mol. The van der Waals surface area contributed by atoms with Crippen molar-refractivity contribution in [3.05, 3.63) is 83.2 Å². The highest BCUT2D eigenvalue weighted by Gasteiger charge is 2.34. The third kappa shape index (κ3) is 7.50. The van der Waals surface area contributed by atoms with Gasteiger partial charge in [0.25, 0.3) is 10.0 Å². The second-order valence-electron chi connectivity index (χ2n) is 11.2. The third-order valence-electron chi connectivity index (χ3n) is 7.88. The summed E-state index contributed by atoms with van der Waals surface area (Å²) < 4.78 is 54.9. The maximum absolute atomic E-state index is 14.8. The highest BCUT2D eigenvalue weighted by Crippen LogP contribution is 2.33. The molecule has 11 heteroatoms. The molecule has 0 aliphatic heterocycles. The lowest BCUT2D eigenvalue weighted by Crippen LogP contribution is -2.52. The molecule has 0 radical (unpaired) electrons. The molecule has 0 heterocycles. The van der Waals surface area contributed by atoms with Crippen LogP contribution in [-0.4, -0.2) is 58.0 Å². The predicted octanol–water partition coefficient (Wildman–Crippen LogP) is 5.13. The van der Waals surface area contributed by atoms with E-state index in [1.165, 1.54) is 43.4 Å². The largest absolute Gasteiger partial charge is 0.493 e. The number of amides is 2. The van der Waals surface area contributed by atoms with E-state index in [0.717, 1.165) is 41.1 Å². The van der Waals surface area contributed by atoms with Crippen LogP contribution in [0.5, 0.6) is 11.5 Å². The van der Waals surface area contributed by atoms with Gasteiger partial charge in [-0.25, -0.2) is 12.8 Å². The van der Waals surface area contributed by atoms with Crippen molar-refractivity contribution in [2.45, 2.75) is 70.0 Å². The Morgan fingerprint density at radius 2 is 1.59 bits per heavy atom. The molecule has 0 spiro atoms. The van der Waals surface area contributed by atoms with Crippen LogP contribution in [0.4, 0.5) is 10.1 Å². The SMILES string of the molecule is COc1ccc(S(=O)(=O)N(CC(=O)N(Cc2ccccc2F)[C@@H](C)C(=O)NC2CCCC2)c2cc(C)cc(C)c2)cc1OC. The quantitative estimate of drug-likeness (QED) is 0.299. The third-order valence-corrected chi connectivity index (χ3v) is 9.65. The fraction of sp³-hybridized carbons (Fsp3) is 0.394. The summed E-state index contributed by atoms with van der Waals surface area (Å²) in [5.41, 5.74) is 2.08. The number of aryl methyl sites for hydroxylation is 2. The molecule has 1 N–H and O–H groups in total. The molecule has 1 aliphatic rings. The summed E-state index contributed by atoms with van der Waals surface area (Å²) >= 11 is 0. The number of benzene rings is 3. The van der Waals surface area contributed by atoms with E-state index in [0.29, 0.717) is 5.75 Å². The molecule has 0 unspecified atom stereocenters. The number of hydrogen-bond donors (Lipinski definition) is 1. The number of anilines is 1. The molecule has 44 heavy (non-hydrogen) atoms. The molecule has 1 atom stereocenters. The Hall–Kier alpha value is -4.12. The number of rotatable bonds is 12. The molecule has 3 aromatic rings. The van der Waals surface area contributed by atoms with Gasteiger partial charge in [-0.1, -0.05) is 37.1 Å². The standard InChI is InChI=1S/C33H40FN3O6S/c1-22-16-23(2)18-27(17-22)37(44(40,41)28-14-15-30(42-4)31(19-28)43-5)21-32(38)36(20-25-10-6-9-13-29(25)34)24(3)33(39)35-26-11-7-8-12-26/h6,9-10,13-19,24,26H,7-8,11-12,20-21H2,1-5H3,(H,35,39)/t24-/m0/s1. The zero-order valence-corrected chi connectivity index (χ0v) is 26.6. The van der Waals surface area contributed by atoms with Crippen LogP contribution in [0.15, 0.2) is 65.6 Å². The van der Waals surface area contributed by atoms with E-state index >= 15 is 0 Å². The van der Waals surface area contributed by atoms with Gasteiger partial charge in [-0.2, -0.15) is 0 Å². The van der Waals surface area contributed by atoms with Crippen LogP contribution >= 0.6 is 0 Å². The summed E-state index contributed by atoms with van der Waals surface area (Å²) in [4.78, 5) is 28.7. The van der Waals surface area contributed by atoms with Crippen LogP contribution in [0.25, 0.3) is 0 Å². The molecule has 4 rings (SSSR count). The lowest BCUT2D eigenvalue weighted by atomic mass is 10.1. The Morgan fingerprint density at radius 1 is 0.955 bits per heavy atom. The summed E-state index contributed by atoms with van der Waals surface area (Å²) in [5.74, 6) is -1.01. The molecule has 1 aliphatic carbocycles.